The Hall–Kier alpha value is -1.62. The summed E-state index contributed by atoms with van der Waals surface area (Å²) in [4.78, 5) is 23.5. The number of benzene rings is 1. The molecule has 126 valence electrons. The van der Waals surface area contributed by atoms with Crippen molar-refractivity contribution in [2.75, 3.05) is 7.11 Å². The van der Waals surface area contributed by atoms with E-state index < -0.39 is 29.6 Å². The van der Waals surface area contributed by atoms with Crippen LogP contribution in [0.3, 0.4) is 0 Å². The molecule has 0 N–H and O–H groups in total. The van der Waals surface area contributed by atoms with Crippen LogP contribution in [-0.2, 0) is 19.1 Å². The van der Waals surface area contributed by atoms with Crippen LogP contribution in [0.4, 0.5) is 4.39 Å². The van der Waals surface area contributed by atoms with Gasteiger partial charge in [0.15, 0.2) is 0 Å². The van der Waals surface area contributed by atoms with Gasteiger partial charge in [0.05, 0.1) is 7.11 Å². The molecule has 1 aromatic rings. The molecule has 0 heterocycles. The first kappa shape index (κ1) is 17.7. The third-order valence-electron chi connectivity index (χ3n) is 4.21. The van der Waals surface area contributed by atoms with Gasteiger partial charge in [0.1, 0.15) is 6.10 Å². The maximum atomic E-state index is 15.9. The lowest BCUT2D eigenvalue weighted by Crippen LogP contribution is -2.52. The van der Waals surface area contributed by atoms with Crippen molar-refractivity contribution in [2.24, 2.45) is 5.92 Å². The summed E-state index contributed by atoms with van der Waals surface area (Å²) in [5.74, 6) is -2.42. The van der Waals surface area contributed by atoms with Crippen LogP contribution < -0.4 is 0 Å². The largest absolute Gasteiger partial charge is 0.467 e. The number of hydrogen-bond acceptors (Lipinski definition) is 4. The number of halogens is 2. The lowest BCUT2D eigenvalue weighted by molar-refractivity contribution is -0.175. The van der Waals surface area contributed by atoms with Gasteiger partial charge in [-0.15, -0.1) is 0 Å². The van der Waals surface area contributed by atoms with Crippen LogP contribution in [0.5, 0.6) is 0 Å². The molecule has 2 unspecified atom stereocenters. The highest BCUT2D eigenvalue weighted by atomic mass is 35.5. The molecule has 1 aliphatic carbocycles. The molecule has 2 rings (SSSR count). The van der Waals surface area contributed by atoms with Gasteiger partial charge in [-0.2, -0.15) is 0 Å². The molecule has 1 fully saturated rings. The Bertz CT molecular complexity index is 585. The molecule has 23 heavy (non-hydrogen) atoms. The predicted molar refractivity (Wildman–Crippen MR) is 84.0 cm³/mol. The Balaban J connectivity index is 2.46. The second-order valence-corrected chi connectivity index (χ2v) is 6.31. The van der Waals surface area contributed by atoms with Crippen LogP contribution in [0.25, 0.3) is 0 Å². The smallest absolute Gasteiger partial charge is 0.348 e. The van der Waals surface area contributed by atoms with E-state index in [1.165, 1.54) is 13.8 Å². The first-order valence-electron chi connectivity index (χ1n) is 7.50. The Kier molecular flexibility index (Phi) is 5.30. The van der Waals surface area contributed by atoms with E-state index in [9.17, 15) is 9.59 Å². The van der Waals surface area contributed by atoms with Crippen molar-refractivity contribution < 1.29 is 23.5 Å². The van der Waals surface area contributed by atoms with Gasteiger partial charge in [-0.25, -0.2) is 9.18 Å². The fourth-order valence-electron chi connectivity index (χ4n) is 2.99. The molecule has 1 aromatic carbocycles. The van der Waals surface area contributed by atoms with Gasteiger partial charge >= 0.3 is 11.9 Å². The Morgan fingerprint density at radius 3 is 2.30 bits per heavy atom. The molecular formula is C17H20ClFO4. The zero-order valence-corrected chi connectivity index (χ0v) is 14.1. The van der Waals surface area contributed by atoms with Crippen LogP contribution in [0, 0.1) is 5.92 Å². The number of esters is 2. The second kappa shape index (κ2) is 6.87. The number of hydrogen-bond donors (Lipinski definition) is 0. The van der Waals surface area contributed by atoms with Crippen LogP contribution in [0.1, 0.15) is 38.2 Å². The lowest BCUT2D eigenvalue weighted by Gasteiger charge is -2.35. The van der Waals surface area contributed by atoms with E-state index in [0.717, 1.165) is 20.0 Å². The van der Waals surface area contributed by atoms with Crippen molar-refractivity contribution in [3.63, 3.8) is 0 Å². The van der Waals surface area contributed by atoms with Gasteiger partial charge in [-0.3, -0.25) is 4.79 Å². The fraction of sp³-hybridized carbons (Fsp3) is 0.529. The van der Waals surface area contributed by atoms with Crippen LogP contribution >= 0.6 is 11.6 Å². The van der Waals surface area contributed by atoms with Gasteiger partial charge in [-0.1, -0.05) is 23.7 Å². The minimum absolute atomic E-state index is 0.00159. The SMILES string of the molecule is COC(=O)C(F)(C(C)OC(C)=O)[C@@H](c1ccc(Cl)cc1)C1CC1. The average Bonchev–Trinajstić information content (AvgIpc) is 3.32. The van der Waals surface area contributed by atoms with E-state index in [2.05, 4.69) is 0 Å². The van der Waals surface area contributed by atoms with Gasteiger partial charge in [0, 0.05) is 17.9 Å². The van der Waals surface area contributed by atoms with Crippen molar-refractivity contribution in [1.29, 1.82) is 0 Å². The molecule has 3 atom stereocenters. The van der Waals surface area contributed by atoms with Gasteiger partial charge in [0.25, 0.3) is 0 Å². The Labute approximate surface area is 139 Å². The lowest BCUT2D eigenvalue weighted by atomic mass is 9.77. The maximum absolute atomic E-state index is 15.9. The summed E-state index contributed by atoms with van der Waals surface area (Å²) < 4.78 is 25.6. The molecule has 0 aromatic heterocycles. The Morgan fingerprint density at radius 1 is 1.30 bits per heavy atom. The van der Waals surface area contributed by atoms with E-state index in [1.807, 2.05) is 0 Å². The normalized spacial score (nSPS) is 19.3. The monoisotopic (exact) mass is 342 g/mol. The molecular weight excluding hydrogens is 323 g/mol. The number of rotatable bonds is 6. The number of methoxy groups -OCH3 is 1. The number of carbonyl (C=O) groups excluding carboxylic acids is 2. The molecule has 4 nitrogen and oxygen atoms in total. The summed E-state index contributed by atoms with van der Waals surface area (Å²) in [6.07, 6.45) is 0.361. The van der Waals surface area contributed by atoms with E-state index in [4.69, 9.17) is 21.1 Å². The molecule has 0 aliphatic heterocycles. The highest BCUT2D eigenvalue weighted by molar-refractivity contribution is 6.30. The Morgan fingerprint density at radius 2 is 1.87 bits per heavy atom. The molecule has 1 saturated carbocycles. The molecule has 0 radical (unpaired) electrons. The van der Waals surface area contributed by atoms with Crippen LogP contribution in [-0.4, -0.2) is 30.8 Å². The van der Waals surface area contributed by atoms with Gasteiger partial charge < -0.3 is 9.47 Å². The van der Waals surface area contributed by atoms with Crippen molar-refractivity contribution >= 4 is 23.5 Å². The summed E-state index contributed by atoms with van der Waals surface area (Å²) in [5, 5.41) is 0.527. The summed E-state index contributed by atoms with van der Waals surface area (Å²) >= 11 is 5.89. The maximum Gasteiger partial charge on any atom is 0.348 e. The van der Waals surface area contributed by atoms with Crippen molar-refractivity contribution in [3.05, 3.63) is 34.9 Å². The first-order chi connectivity index (χ1) is 10.8. The number of carbonyl (C=O) groups is 2. The van der Waals surface area contributed by atoms with E-state index >= 15 is 4.39 Å². The second-order valence-electron chi connectivity index (χ2n) is 5.88. The zero-order valence-electron chi connectivity index (χ0n) is 13.3. The van der Waals surface area contributed by atoms with E-state index in [-0.39, 0.29) is 5.92 Å². The number of alkyl halides is 1. The van der Waals surface area contributed by atoms with E-state index in [0.29, 0.717) is 10.6 Å². The summed E-state index contributed by atoms with van der Waals surface area (Å²) in [5.41, 5.74) is -1.81. The molecule has 0 bridgehead atoms. The quantitative estimate of drug-likeness (QED) is 0.740. The van der Waals surface area contributed by atoms with Crippen LogP contribution in [0.2, 0.25) is 5.02 Å². The van der Waals surface area contributed by atoms with Crippen molar-refractivity contribution in [3.8, 4) is 0 Å². The molecule has 1 aliphatic rings. The fourth-order valence-corrected chi connectivity index (χ4v) is 3.12. The zero-order chi connectivity index (χ0) is 17.2. The van der Waals surface area contributed by atoms with Crippen molar-refractivity contribution in [2.45, 2.75) is 44.4 Å². The molecule has 0 amide bonds. The van der Waals surface area contributed by atoms with E-state index in [1.54, 1.807) is 24.3 Å². The standard InChI is InChI=1S/C17H20ClFO4/c1-10(23-11(2)20)17(19,16(21)22-3)15(12-4-5-12)13-6-8-14(18)9-7-13/h6-10,12,15H,4-5H2,1-3H3/t10?,15-,17?/m1/s1. The third-order valence-corrected chi connectivity index (χ3v) is 4.46. The van der Waals surface area contributed by atoms with Crippen molar-refractivity contribution in [1.82, 2.24) is 0 Å². The minimum Gasteiger partial charge on any atom is -0.467 e. The highest BCUT2D eigenvalue weighted by Crippen LogP contribution is 2.52. The summed E-state index contributed by atoms with van der Waals surface area (Å²) in [6.45, 7) is 2.56. The number of ether oxygens (including phenoxy) is 2. The van der Waals surface area contributed by atoms with Crippen LogP contribution in [0.15, 0.2) is 24.3 Å². The van der Waals surface area contributed by atoms with Gasteiger partial charge in [-0.05, 0) is 43.4 Å². The summed E-state index contributed by atoms with van der Waals surface area (Å²) in [6, 6.07) is 6.70. The minimum atomic E-state index is -2.45. The topological polar surface area (TPSA) is 52.6 Å². The first-order valence-corrected chi connectivity index (χ1v) is 7.88. The third kappa shape index (κ3) is 3.66. The summed E-state index contributed by atoms with van der Waals surface area (Å²) in [7, 11) is 1.13. The average molecular weight is 343 g/mol. The molecule has 6 heteroatoms. The molecule has 0 spiro atoms. The van der Waals surface area contributed by atoms with Gasteiger partial charge in [0.2, 0.25) is 5.67 Å². The molecule has 0 saturated heterocycles. The predicted octanol–water partition coefficient (Wildman–Crippen LogP) is 3.67. The highest BCUT2D eigenvalue weighted by Gasteiger charge is 2.58.